The summed E-state index contributed by atoms with van der Waals surface area (Å²) < 4.78 is 202. The first-order valence-corrected chi connectivity index (χ1v) is 12.1. The Bertz CT molecular complexity index is 1070. The average molecular weight is 614 g/mol. The van der Waals surface area contributed by atoms with Crippen molar-refractivity contribution in [3.8, 4) is 0 Å². The van der Waals surface area contributed by atoms with Crippen LogP contribution >= 0.6 is 0 Å². The maximum absolute atomic E-state index is 15.2. The minimum Gasteiger partial charge on any atom is -0.443 e. The van der Waals surface area contributed by atoms with Gasteiger partial charge in [0.25, 0.3) is 5.60 Å². The van der Waals surface area contributed by atoms with Gasteiger partial charge in [0.1, 0.15) is 6.61 Å². The molecular weight excluding hydrogens is 594 g/mol. The lowest BCUT2D eigenvalue weighted by atomic mass is 9.67. The van der Waals surface area contributed by atoms with Crippen molar-refractivity contribution in [1.29, 1.82) is 0 Å². The minimum absolute atomic E-state index is 0.0392. The standard InChI is InChI=1S/C22H20F14O4/c23-16(24,18(27,28)19(29,30)21(31,32)33)15(6-39-20(38,17(15,25)26)22(34,35)36)40-14(37)11-5-9-4-10(11)13-8-2-1-7(3-8)12(9)13/h7-13,38H,1-6H2. The molecule has 230 valence electrons. The second kappa shape index (κ2) is 8.07. The van der Waals surface area contributed by atoms with Crippen molar-refractivity contribution in [2.45, 2.75) is 79.5 Å². The summed E-state index contributed by atoms with van der Waals surface area (Å²) in [6.45, 7) is -3.20. The number of hydrogen-bond donors (Lipinski definition) is 1. The number of halogens is 14. The summed E-state index contributed by atoms with van der Waals surface area (Å²) in [5, 5.41) is 9.48. The molecule has 0 spiro atoms. The van der Waals surface area contributed by atoms with Gasteiger partial charge in [0, 0.05) is 0 Å². The quantitative estimate of drug-likeness (QED) is 0.236. The van der Waals surface area contributed by atoms with Gasteiger partial charge in [0.05, 0.1) is 5.92 Å². The molecule has 1 aliphatic heterocycles. The largest absolute Gasteiger partial charge is 0.460 e. The highest BCUT2D eigenvalue weighted by molar-refractivity contribution is 5.74. The van der Waals surface area contributed by atoms with E-state index in [1.807, 2.05) is 0 Å². The molecule has 9 atom stereocenters. The Balaban J connectivity index is 1.57. The van der Waals surface area contributed by atoms with Gasteiger partial charge in [-0.2, -0.15) is 61.5 Å². The molecule has 4 bridgehead atoms. The number of carbonyl (C=O) groups excluding carboxylic acids is 1. The van der Waals surface area contributed by atoms with Crippen LogP contribution in [0.4, 0.5) is 61.5 Å². The van der Waals surface area contributed by atoms with Crippen LogP contribution < -0.4 is 0 Å². The molecule has 5 fully saturated rings. The number of ether oxygens (including phenoxy) is 2. The number of rotatable bonds is 5. The van der Waals surface area contributed by atoms with Crippen molar-refractivity contribution < 1.29 is 80.8 Å². The van der Waals surface area contributed by atoms with Crippen molar-refractivity contribution in [2.75, 3.05) is 6.61 Å². The second-order valence-corrected chi connectivity index (χ2v) is 11.5. The zero-order valence-electron chi connectivity index (χ0n) is 19.7. The molecule has 0 radical (unpaired) electrons. The summed E-state index contributed by atoms with van der Waals surface area (Å²) in [6, 6.07) is 0. The first-order valence-electron chi connectivity index (χ1n) is 12.1. The monoisotopic (exact) mass is 614 g/mol. The van der Waals surface area contributed by atoms with E-state index >= 15 is 17.6 Å². The molecule has 5 rings (SSSR count). The number of esters is 1. The lowest BCUT2D eigenvalue weighted by Crippen LogP contribution is -2.77. The van der Waals surface area contributed by atoms with Crippen LogP contribution in [0.15, 0.2) is 0 Å². The van der Waals surface area contributed by atoms with Crippen molar-refractivity contribution in [3.05, 3.63) is 0 Å². The van der Waals surface area contributed by atoms with Gasteiger partial charge in [0.15, 0.2) is 0 Å². The summed E-state index contributed by atoms with van der Waals surface area (Å²) >= 11 is 0. The summed E-state index contributed by atoms with van der Waals surface area (Å²) in [6.07, 6.45) is -12.0. The lowest BCUT2D eigenvalue weighted by molar-refractivity contribution is -0.445. The van der Waals surface area contributed by atoms with E-state index in [1.54, 1.807) is 0 Å². The molecule has 4 nitrogen and oxygen atoms in total. The summed E-state index contributed by atoms with van der Waals surface area (Å²) in [7, 11) is 0. The highest BCUT2D eigenvalue weighted by atomic mass is 19.4. The highest BCUT2D eigenvalue weighted by Crippen LogP contribution is 2.70. The van der Waals surface area contributed by atoms with E-state index in [4.69, 9.17) is 0 Å². The van der Waals surface area contributed by atoms with E-state index in [1.165, 1.54) is 0 Å². The highest BCUT2D eigenvalue weighted by Gasteiger charge is 2.97. The SMILES string of the molecule is O=C(OC1(C(F)(F)C(F)(F)C(F)(F)C(F)(F)F)COC(O)(C(F)(F)F)C1(F)F)C1CC2CC1C1C3CCC(C3)C21. The van der Waals surface area contributed by atoms with Crippen molar-refractivity contribution in [1.82, 2.24) is 0 Å². The Morgan fingerprint density at radius 3 is 1.82 bits per heavy atom. The fraction of sp³-hybridized carbons (Fsp3) is 0.955. The third-order valence-corrected chi connectivity index (χ3v) is 9.76. The van der Waals surface area contributed by atoms with Gasteiger partial charge in [-0.25, -0.2) is 0 Å². The predicted molar refractivity (Wildman–Crippen MR) is 99.1 cm³/mol. The van der Waals surface area contributed by atoms with E-state index in [0.29, 0.717) is 6.42 Å². The van der Waals surface area contributed by atoms with Crippen LogP contribution in [0.5, 0.6) is 0 Å². The minimum atomic E-state index is -7.92. The van der Waals surface area contributed by atoms with Crippen molar-refractivity contribution in [3.63, 3.8) is 0 Å². The number of aliphatic hydroxyl groups is 1. The molecule has 0 aromatic carbocycles. The number of fused-ring (bicyclic) bond motifs is 9. The first kappa shape index (κ1) is 29.9. The van der Waals surface area contributed by atoms with Crippen LogP contribution in [-0.4, -0.2) is 65.1 Å². The van der Waals surface area contributed by atoms with Crippen LogP contribution in [0.2, 0.25) is 0 Å². The molecule has 40 heavy (non-hydrogen) atoms. The summed E-state index contributed by atoms with van der Waals surface area (Å²) in [5.41, 5.74) is -6.13. The molecular formula is C22H20F14O4. The van der Waals surface area contributed by atoms with Crippen molar-refractivity contribution >= 4 is 5.97 Å². The Labute approximate surface area is 215 Å². The molecule has 18 heteroatoms. The molecule has 0 aromatic heterocycles. The average Bonchev–Trinajstić information content (AvgIpc) is 3.60. The van der Waals surface area contributed by atoms with Gasteiger partial charge in [-0.15, -0.1) is 0 Å². The van der Waals surface area contributed by atoms with Gasteiger partial charge in [0.2, 0.25) is 0 Å². The van der Waals surface area contributed by atoms with Crippen LogP contribution in [0.3, 0.4) is 0 Å². The van der Waals surface area contributed by atoms with Gasteiger partial charge in [-0.05, 0) is 67.6 Å². The molecule has 1 saturated heterocycles. The Hall–Kier alpha value is -1.59. The molecule has 9 unspecified atom stereocenters. The van der Waals surface area contributed by atoms with Gasteiger partial charge in [-0.3, -0.25) is 4.79 Å². The molecule has 4 saturated carbocycles. The molecule has 1 heterocycles. The summed E-state index contributed by atoms with van der Waals surface area (Å²) in [5.74, 6) is -41.1. The van der Waals surface area contributed by atoms with Crippen LogP contribution in [-0.2, 0) is 14.3 Å². The van der Waals surface area contributed by atoms with Gasteiger partial charge >= 0.3 is 47.8 Å². The maximum atomic E-state index is 15.2. The van der Waals surface area contributed by atoms with Crippen molar-refractivity contribution in [2.24, 2.45) is 41.4 Å². The lowest BCUT2D eigenvalue weighted by Gasteiger charge is -2.46. The molecule has 0 amide bonds. The van der Waals surface area contributed by atoms with Gasteiger partial charge in [-0.1, -0.05) is 0 Å². The zero-order valence-corrected chi connectivity index (χ0v) is 19.7. The number of carbonyl (C=O) groups is 1. The topological polar surface area (TPSA) is 55.8 Å². The molecule has 0 aromatic rings. The van der Waals surface area contributed by atoms with E-state index in [9.17, 15) is 53.8 Å². The number of hydrogen-bond acceptors (Lipinski definition) is 4. The third-order valence-electron chi connectivity index (χ3n) is 9.76. The molecule has 5 aliphatic rings. The first-order chi connectivity index (χ1) is 17.9. The maximum Gasteiger partial charge on any atom is 0.460 e. The fourth-order valence-corrected chi connectivity index (χ4v) is 8.08. The van der Waals surface area contributed by atoms with Crippen LogP contribution in [0.1, 0.15) is 32.1 Å². The van der Waals surface area contributed by atoms with Gasteiger partial charge < -0.3 is 14.6 Å². The Morgan fingerprint density at radius 1 is 0.775 bits per heavy atom. The smallest absolute Gasteiger partial charge is 0.443 e. The van der Waals surface area contributed by atoms with E-state index < -0.39 is 71.8 Å². The molecule has 4 aliphatic carbocycles. The van der Waals surface area contributed by atoms with E-state index in [0.717, 1.165) is 12.8 Å². The van der Waals surface area contributed by atoms with Crippen LogP contribution in [0, 0.1) is 41.4 Å². The molecule has 1 N–H and O–H groups in total. The van der Waals surface area contributed by atoms with E-state index in [2.05, 4.69) is 9.47 Å². The fourth-order valence-electron chi connectivity index (χ4n) is 8.08. The number of alkyl halides is 14. The predicted octanol–water partition coefficient (Wildman–Crippen LogP) is 5.97. The Kier molecular flexibility index (Phi) is 6.03. The van der Waals surface area contributed by atoms with Crippen LogP contribution in [0.25, 0.3) is 0 Å². The summed E-state index contributed by atoms with van der Waals surface area (Å²) in [4.78, 5) is 13.0. The van der Waals surface area contributed by atoms with E-state index in [-0.39, 0.29) is 42.4 Å². The normalized spacial score (nSPS) is 42.9. The third kappa shape index (κ3) is 3.26. The Morgan fingerprint density at radius 2 is 1.32 bits per heavy atom. The second-order valence-electron chi connectivity index (χ2n) is 11.5. The zero-order chi connectivity index (χ0) is 30.3.